The molecular formula is C17H29NO. The molecule has 19 heavy (non-hydrogen) atoms. The Labute approximate surface area is 117 Å². The minimum atomic E-state index is -0.0634. The summed E-state index contributed by atoms with van der Waals surface area (Å²) in [5.74, 6) is 2.86. The Morgan fingerprint density at radius 2 is 1.58 bits per heavy atom. The van der Waals surface area contributed by atoms with Gasteiger partial charge in [-0.25, -0.2) is 0 Å². The maximum Gasteiger partial charge on any atom is 0.0723 e. The second-order valence-electron chi connectivity index (χ2n) is 8.32. The monoisotopic (exact) mass is 263 g/mol. The molecule has 5 saturated carbocycles. The summed E-state index contributed by atoms with van der Waals surface area (Å²) in [4.78, 5) is 2.45. The molecular weight excluding hydrogens is 234 g/mol. The Hall–Kier alpha value is -0.0800. The number of hydrogen-bond donors (Lipinski definition) is 1. The van der Waals surface area contributed by atoms with Crippen LogP contribution in [0, 0.1) is 23.2 Å². The predicted octanol–water partition coefficient (Wildman–Crippen LogP) is 3.05. The number of rotatable bonds is 4. The van der Waals surface area contributed by atoms with E-state index in [1.165, 1.54) is 57.8 Å². The summed E-state index contributed by atoms with van der Waals surface area (Å²) in [5, 5.41) is 10.9. The maximum absolute atomic E-state index is 10.9. The zero-order chi connectivity index (χ0) is 13.0. The molecule has 0 aromatic carbocycles. The number of likely N-dealkylation sites (N-methyl/N-ethyl adjacent to an activating group) is 1. The van der Waals surface area contributed by atoms with E-state index in [0.717, 1.165) is 30.3 Å². The molecule has 1 atom stereocenters. The highest BCUT2D eigenvalue weighted by atomic mass is 16.3. The standard InChI is InChI=1S/C17H29NO/c1-18(15-3-2-4-15)11-16(19)17-8-12-5-13(9-17)7-14(6-12)10-17/h12-16,19H,2-11H2,1H3. The largest absolute Gasteiger partial charge is 0.391 e. The van der Waals surface area contributed by atoms with E-state index >= 15 is 0 Å². The Bertz CT molecular complexity index is 314. The van der Waals surface area contributed by atoms with E-state index in [-0.39, 0.29) is 6.10 Å². The Morgan fingerprint density at radius 1 is 1.05 bits per heavy atom. The number of aliphatic hydroxyl groups is 1. The smallest absolute Gasteiger partial charge is 0.0723 e. The van der Waals surface area contributed by atoms with E-state index in [1.54, 1.807) is 0 Å². The van der Waals surface area contributed by atoms with Crippen LogP contribution in [-0.2, 0) is 0 Å². The number of nitrogens with zero attached hydrogens (tertiary/aromatic N) is 1. The topological polar surface area (TPSA) is 23.5 Å². The molecule has 5 fully saturated rings. The normalized spacial score (nSPS) is 46.6. The van der Waals surface area contributed by atoms with Crippen LogP contribution in [-0.4, -0.2) is 35.7 Å². The maximum atomic E-state index is 10.9. The van der Waals surface area contributed by atoms with Crippen molar-refractivity contribution in [1.29, 1.82) is 0 Å². The van der Waals surface area contributed by atoms with Crippen LogP contribution in [0.15, 0.2) is 0 Å². The summed E-state index contributed by atoms with van der Waals surface area (Å²) in [6, 6.07) is 0.767. The van der Waals surface area contributed by atoms with Crippen LogP contribution in [0.2, 0.25) is 0 Å². The zero-order valence-corrected chi connectivity index (χ0v) is 12.4. The lowest BCUT2D eigenvalue weighted by molar-refractivity contribution is -0.128. The summed E-state index contributed by atoms with van der Waals surface area (Å²) >= 11 is 0. The highest BCUT2D eigenvalue weighted by Gasteiger charge is 2.54. The molecule has 5 aliphatic carbocycles. The van der Waals surface area contributed by atoms with Gasteiger partial charge in [0.15, 0.2) is 0 Å². The summed E-state index contributed by atoms with van der Waals surface area (Å²) in [5.41, 5.74) is 0.312. The van der Waals surface area contributed by atoms with Crippen molar-refractivity contribution in [3.63, 3.8) is 0 Å². The number of aliphatic hydroxyl groups excluding tert-OH is 1. The van der Waals surface area contributed by atoms with E-state index in [2.05, 4.69) is 11.9 Å². The Balaban J connectivity index is 1.45. The molecule has 0 saturated heterocycles. The molecule has 0 heterocycles. The second kappa shape index (κ2) is 4.46. The van der Waals surface area contributed by atoms with Crippen LogP contribution in [0.5, 0.6) is 0 Å². The fraction of sp³-hybridized carbons (Fsp3) is 1.00. The molecule has 1 N–H and O–H groups in total. The van der Waals surface area contributed by atoms with Gasteiger partial charge < -0.3 is 10.0 Å². The van der Waals surface area contributed by atoms with Gasteiger partial charge in [-0.1, -0.05) is 6.42 Å². The van der Waals surface area contributed by atoms with Crippen molar-refractivity contribution >= 4 is 0 Å². The summed E-state index contributed by atoms with van der Waals surface area (Å²) in [6.07, 6.45) is 12.5. The van der Waals surface area contributed by atoms with Crippen molar-refractivity contribution in [2.75, 3.05) is 13.6 Å². The molecule has 0 aliphatic heterocycles. The van der Waals surface area contributed by atoms with Crippen molar-refractivity contribution in [2.24, 2.45) is 23.2 Å². The quantitative estimate of drug-likeness (QED) is 0.842. The fourth-order valence-corrected chi connectivity index (χ4v) is 6.03. The first-order chi connectivity index (χ1) is 9.14. The highest BCUT2D eigenvalue weighted by molar-refractivity contribution is 5.04. The van der Waals surface area contributed by atoms with Crippen molar-refractivity contribution in [3.8, 4) is 0 Å². The summed E-state index contributed by atoms with van der Waals surface area (Å²) in [6.45, 7) is 0.927. The first-order valence-corrected chi connectivity index (χ1v) is 8.53. The molecule has 2 heteroatoms. The molecule has 1 unspecified atom stereocenters. The van der Waals surface area contributed by atoms with Gasteiger partial charge in [-0.2, -0.15) is 0 Å². The molecule has 0 spiro atoms. The lowest BCUT2D eigenvalue weighted by atomic mass is 9.48. The molecule has 0 radical (unpaired) electrons. The highest BCUT2D eigenvalue weighted by Crippen LogP contribution is 2.61. The van der Waals surface area contributed by atoms with Gasteiger partial charge in [0, 0.05) is 12.6 Å². The van der Waals surface area contributed by atoms with Gasteiger partial charge in [0.05, 0.1) is 6.10 Å². The fourth-order valence-electron chi connectivity index (χ4n) is 6.03. The summed E-state index contributed by atoms with van der Waals surface area (Å²) in [7, 11) is 2.23. The van der Waals surface area contributed by atoms with Gasteiger partial charge in [-0.3, -0.25) is 0 Å². The first kappa shape index (κ1) is 12.6. The minimum Gasteiger partial charge on any atom is -0.391 e. The third kappa shape index (κ3) is 2.06. The van der Waals surface area contributed by atoms with Crippen molar-refractivity contribution in [2.45, 2.75) is 69.9 Å². The van der Waals surface area contributed by atoms with Crippen molar-refractivity contribution < 1.29 is 5.11 Å². The van der Waals surface area contributed by atoms with Crippen molar-refractivity contribution in [3.05, 3.63) is 0 Å². The van der Waals surface area contributed by atoms with Crippen molar-refractivity contribution in [1.82, 2.24) is 4.90 Å². The molecule has 108 valence electrons. The van der Waals surface area contributed by atoms with Gasteiger partial charge in [-0.05, 0) is 81.6 Å². The van der Waals surface area contributed by atoms with E-state index in [9.17, 15) is 5.11 Å². The van der Waals surface area contributed by atoms with E-state index in [0.29, 0.717) is 5.41 Å². The first-order valence-electron chi connectivity index (χ1n) is 8.53. The molecule has 2 nitrogen and oxygen atoms in total. The molecule has 4 bridgehead atoms. The van der Waals surface area contributed by atoms with Crippen LogP contribution in [0.3, 0.4) is 0 Å². The second-order valence-corrected chi connectivity index (χ2v) is 8.32. The van der Waals surface area contributed by atoms with Gasteiger partial charge >= 0.3 is 0 Å². The molecule has 0 aromatic rings. The van der Waals surface area contributed by atoms with E-state index in [1.807, 2.05) is 0 Å². The number of hydrogen-bond acceptors (Lipinski definition) is 2. The third-order valence-corrected chi connectivity index (χ3v) is 6.95. The summed E-state index contributed by atoms with van der Waals surface area (Å²) < 4.78 is 0. The van der Waals surface area contributed by atoms with Crippen LogP contribution >= 0.6 is 0 Å². The van der Waals surface area contributed by atoms with Gasteiger partial charge in [0.2, 0.25) is 0 Å². The lowest BCUT2D eigenvalue weighted by Gasteiger charge is -2.59. The SMILES string of the molecule is CN(CC(O)C12CC3CC(CC(C3)C1)C2)C1CCC1. The zero-order valence-electron chi connectivity index (χ0n) is 12.4. The van der Waals surface area contributed by atoms with Gasteiger partial charge in [0.1, 0.15) is 0 Å². The molecule has 5 rings (SSSR count). The van der Waals surface area contributed by atoms with Crippen LogP contribution in [0.25, 0.3) is 0 Å². The van der Waals surface area contributed by atoms with Crippen LogP contribution in [0.4, 0.5) is 0 Å². The van der Waals surface area contributed by atoms with Gasteiger partial charge in [0.25, 0.3) is 0 Å². The Morgan fingerprint density at radius 3 is 2.00 bits per heavy atom. The minimum absolute atomic E-state index is 0.0634. The molecule has 5 aliphatic rings. The molecule has 0 aromatic heterocycles. The van der Waals surface area contributed by atoms with Crippen LogP contribution in [0.1, 0.15) is 57.8 Å². The lowest BCUT2D eigenvalue weighted by Crippen LogP contribution is -2.55. The predicted molar refractivity (Wildman–Crippen MR) is 76.9 cm³/mol. The average Bonchev–Trinajstić information content (AvgIpc) is 2.24. The average molecular weight is 263 g/mol. The third-order valence-electron chi connectivity index (χ3n) is 6.95. The Kier molecular flexibility index (Phi) is 2.97. The van der Waals surface area contributed by atoms with Crippen LogP contribution < -0.4 is 0 Å². The van der Waals surface area contributed by atoms with Gasteiger partial charge in [-0.15, -0.1) is 0 Å². The van der Waals surface area contributed by atoms with E-state index in [4.69, 9.17) is 0 Å². The molecule has 0 amide bonds. The van der Waals surface area contributed by atoms with E-state index < -0.39 is 0 Å².